The molecule has 24 heavy (non-hydrogen) atoms. The van der Waals surface area contributed by atoms with E-state index in [0.717, 1.165) is 11.3 Å². The fourth-order valence-electron chi connectivity index (χ4n) is 2.82. The molecule has 0 aliphatic carbocycles. The van der Waals surface area contributed by atoms with Crippen LogP contribution in [0.3, 0.4) is 0 Å². The summed E-state index contributed by atoms with van der Waals surface area (Å²) in [4.78, 5) is 14.3. The zero-order chi connectivity index (χ0) is 17.1. The van der Waals surface area contributed by atoms with Gasteiger partial charge in [0.1, 0.15) is 0 Å². The monoisotopic (exact) mass is 347 g/mol. The second-order valence-electron chi connectivity index (χ2n) is 6.00. The van der Waals surface area contributed by atoms with Gasteiger partial charge in [0.2, 0.25) is 11.1 Å². The third kappa shape index (κ3) is 3.76. The van der Waals surface area contributed by atoms with Crippen LogP contribution in [0.25, 0.3) is 5.69 Å². The predicted octanol–water partition coefficient (Wildman–Crippen LogP) is 1.70. The molecule has 1 aliphatic heterocycles. The summed E-state index contributed by atoms with van der Waals surface area (Å²) in [6.45, 7) is 7.25. The van der Waals surface area contributed by atoms with Crippen LogP contribution in [0.1, 0.15) is 19.4 Å². The summed E-state index contributed by atoms with van der Waals surface area (Å²) >= 11 is 1.36. The van der Waals surface area contributed by atoms with E-state index in [9.17, 15) is 4.79 Å². The van der Waals surface area contributed by atoms with Crippen molar-refractivity contribution >= 4 is 17.7 Å². The number of hydrogen-bond acceptors (Lipinski definition) is 6. The van der Waals surface area contributed by atoms with E-state index in [0.29, 0.717) is 24.0 Å². The van der Waals surface area contributed by atoms with E-state index in [1.807, 2.05) is 49.9 Å². The van der Waals surface area contributed by atoms with Crippen molar-refractivity contribution in [1.82, 2.24) is 25.1 Å². The summed E-state index contributed by atoms with van der Waals surface area (Å²) in [5.41, 5.74) is 2.00. The van der Waals surface area contributed by atoms with Gasteiger partial charge in [0.25, 0.3) is 0 Å². The highest BCUT2D eigenvalue weighted by atomic mass is 32.2. The molecule has 2 atom stereocenters. The van der Waals surface area contributed by atoms with Crippen molar-refractivity contribution in [1.29, 1.82) is 0 Å². The first-order valence-electron chi connectivity index (χ1n) is 7.95. The summed E-state index contributed by atoms with van der Waals surface area (Å²) < 4.78 is 7.35. The molecule has 8 heteroatoms. The van der Waals surface area contributed by atoms with Crippen molar-refractivity contribution in [3.05, 3.63) is 29.8 Å². The number of tetrazole rings is 1. The number of nitrogens with zero attached hydrogens (tertiary/aromatic N) is 5. The molecule has 0 radical (unpaired) electrons. The number of aryl methyl sites for hydroxylation is 1. The number of thioether (sulfide) groups is 1. The fourth-order valence-corrected chi connectivity index (χ4v) is 3.61. The zero-order valence-corrected chi connectivity index (χ0v) is 14.9. The summed E-state index contributed by atoms with van der Waals surface area (Å²) in [7, 11) is 0. The van der Waals surface area contributed by atoms with Crippen molar-refractivity contribution < 1.29 is 9.53 Å². The topological polar surface area (TPSA) is 73.1 Å². The van der Waals surface area contributed by atoms with Crippen LogP contribution in [0.2, 0.25) is 0 Å². The third-order valence-corrected chi connectivity index (χ3v) is 4.79. The first-order chi connectivity index (χ1) is 11.5. The zero-order valence-electron chi connectivity index (χ0n) is 14.0. The number of carbonyl (C=O) groups excluding carboxylic acids is 1. The molecular formula is C16H21N5O2S. The van der Waals surface area contributed by atoms with Gasteiger partial charge in [-0.05, 0) is 42.8 Å². The average molecular weight is 347 g/mol. The van der Waals surface area contributed by atoms with Crippen LogP contribution in [0.4, 0.5) is 0 Å². The molecule has 1 aliphatic rings. The molecule has 1 amide bonds. The smallest absolute Gasteiger partial charge is 0.233 e. The summed E-state index contributed by atoms with van der Waals surface area (Å²) in [6, 6.07) is 7.89. The Labute approximate surface area is 145 Å². The minimum atomic E-state index is 0.0694. The van der Waals surface area contributed by atoms with Gasteiger partial charge in [-0.3, -0.25) is 4.79 Å². The average Bonchev–Trinajstić information content (AvgIpc) is 3.00. The molecule has 3 rings (SSSR count). The highest BCUT2D eigenvalue weighted by Crippen LogP contribution is 2.21. The van der Waals surface area contributed by atoms with Crippen molar-refractivity contribution in [3.8, 4) is 5.69 Å². The normalized spacial score (nSPS) is 21.0. The van der Waals surface area contributed by atoms with E-state index in [2.05, 4.69) is 15.5 Å². The molecule has 2 aromatic rings. The van der Waals surface area contributed by atoms with Gasteiger partial charge in [-0.1, -0.05) is 30.0 Å². The second-order valence-corrected chi connectivity index (χ2v) is 6.95. The van der Waals surface area contributed by atoms with Gasteiger partial charge < -0.3 is 9.64 Å². The fraction of sp³-hybridized carbons (Fsp3) is 0.500. The Bertz CT molecular complexity index is 710. The highest BCUT2D eigenvalue weighted by Gasteiger charge is 2.26. The SMILES string of the molecule is Cc1ccccc1-n1nnnc1SCC(=O)N1CC(C)OC(C)C1. The van der Waals surface area contributed by atoms with Gasteiger partial charge in [-0.15, -0.1) is 5.10 Å². The quantitative estimate of drug-likeness (QED) is 0.784. The van der Waals surface area contributed by atoms with Gasteiger partial charge in [-0.25, -0.2) is 0 Å². The Morgan fingerprint density at radius 2 is 2.00 bits per heavy atom. The molecule has 1 aromatic carbocycles. The Morgan fingerprint density at radius 3 is 2.71 bits per heavy atom. The van der Waals surface area contributed by atoms with E-state index in [-0.39, 0.29) is 18.1 Å². The minimum Gasteiger partial charge on any atom is -0.372 e. The van der Waals surface area contributed by atoms with Crippen molar-refractivity contribution in [2.45, 2.75) is 38.1 Å². The van der Waals surface area contributed by atoms with Gasteiger partial charge in [-0.2, -0.15) is 4.68 Å². The van der Waals surface area contributed by atoms with Gasteiger partial charge in [0.15, 0.2) is 0 Å². The molecular weight excluding hydrogens is 326 g/mol. The van der Waals surface area contributed by atoms with Crippen LogP contribution in [0.5, 0.6) is 0 Å². The number of rotatable bonds is 4. The number of morpholine rings is 1. The lowest BCUT2D eigenvalue weighted by molar-refractivity contribution is -0.140. The molecule has 1 saturated heterocycles. The van der Waals surface area contributed by atoms with Crippen molar-refractivity contribution in [3.63, 3.8) is 0 Å². The van der Waals surface area contributed by atoms with Crippen LogP contribution in [0.15, 0.2) is 29.4 Å². The first kappa shape index (κ1) is 16.9. The molecule has 128 valence electrons. The Kier molecular flexibility index (Phi) is 5.15. The largest absolute Gasteiger partial charge is 0.372 e. The lowest BCUT2D eigenvalue weighted by Crippen LogP contribution is -2.48. The van der Waals surface area contributed by atoms with Crippen LogP contribution >= 0.6 is 11.8 Å². The van der Waals surface area contributed by atoms with Crippen LogP contribution in [-0.2, 0) is 9.53 Å². The van der Waals surface area contributed by atoms with Gasteiger partial charge in [0, 0.05) is 13.1 Å². The summed E-state index contributed by atoms with van der Waals surface area (Å²) in [6.07, 6.45) is 0.139. The molecule has 0 spiro atoms. The standard InChI is InChI=1S/C16H21N5O2S/c1-11-6-4-5-7-14(11)21-16(17-18-19-21)24-10-15(22)20-8-12(2)23-13(3)9-20/h4-7,12-13H,8-10H2,1-3H3. The van der Waals surface area contributed by atoms with E-state index in [4.69, 9.17) is 4.74 Å². The molecule has 7 nitrogen and oxygen atoms in total. The summed E-state index contributed by atoms with van der Waals surface area (Å²) in [5.74, 6) is 0.396. The van der Waals surface area contributed by atoms with E-state index >= 15 is 0 Å². The molecule has 0 bridgehead atoms. The number of benzene rings is 1. The number of hydrogen-bond donors (Lipinski definition) is 0. The van der Waals surface area contributed by atoms with Gasteiger partial charge in [0.05, 0.1) is 23.6 Å². The minimum absolute atomic E-state index is 0.0694. The number of ether oxygens (including phenoxy) is 1. The lowest BCUT2D eigenvalue weighted by atomic mass is 10.2. The van der Waals surface area contributed by atoms with E-state index in [1.54, 1.807) is 4.68 Å². The van der Waals surface area contributed by atoms with Crippen LogP contribution in [-0.4, -0.2) is 62.1 Å². The number of carbonyl (C=O) groups is 1. The lowest BCUT2D eigenvalue weighted by Gasteiger charge is -2.35. The Hall–Kier alpha value is -1.93. The second kappa shape index (κ2) is 7.31. The van der Waals surface area contributed by atoms with Gasteiger partial charge >= 0.3 is 0 Å². The third-order valence-electron chi connectivity index (χ3n) is 3.88. The number of amides is 1. The first-order valence-corrected chi connectivity index (χ1v) is 8.93. The van der Waals surface area contributed by atoms with Crippen LogP contribution in [0, 0.1) is 6.92 Å². The maximum atomic E-state index is 12.5. The van der Waals surface area contributed by atoms with Crippen molar-refractivity contribution in [2.75, 3.05) is 18.8 Å². The summed E-state index contributed by atoms with van der Waals surface area (Å²) in [5, 5.41) is 12.5. The molecule has 1 fully saturated rings. The Balaban J connectivity index is 1.67. The molecule has 1 aromatic heterocycles. The van der Waals surface area contributed by atoms with Crippen molar-refractivity contribution in [2.24, 2.45) is 0 Å². The molecule has 0 saturated carbocycles. The van der Waals surface area contributed by atoms with E-state index < -0.39 is 0 Å². The maximum Gasteiger partial charge on any atom is 0.233 e. The molecule has 2 unspecified atom stereocenters. The highest BCUT2D eigenvalue weighted by molar-refractivity contribution is 7.99. The number of para-hydroxylation sites is 1. The van der Waals surface area contributed by atoms with E-state index in [1.165, 1.54) is 11.8 Å². The maximum absolute atomic E-state index is 12.5. The Morgan fingerprint density at radius 1 is 1.29 bits per heavy atom. The number of aromatic nitrogens is 4. The molecule has 0 N–H and O–H groups in total. The molecule has 2 heterocycles. The van der Waals surface area contributed by atoms with Crippen LogP contribution < -0.4 is 0 Å². The predicted molar refractivity (Wildman–Crippen MR) is 91.2 cm³/mol.